The molecule has 6 aliphatic carbocycles. The Labute approximate surface area is 226 Å². The van der Waals surface area contributed by atoms with Gasteiger partial charge in [0.15, 0.2) is 0 Å². The maximum Gasteiger partial charge on any atom is 0.312 e. The van der Waals surface area contributed by atoms with Gasteiger partial charge in [-0.25, -0.2) is 0 Å². The van der Waals surface area contributed by atoms with E-state index in [0.717, 1.165) is 67.6 Å². The van der Waals surface area contributed by atoms with Gasteiger partial charge >= 0.3 is 11.9 Å². The summed E-state index contributed by atoms with van der Waals surface area (Å²) in [6.45, 7) is 14.5. The molecule has 11 atom stereocenters. The van der Waals surface area contributed by atoms with Crippen molar-refractivity contribution in [2.24, 2.45) is 58.7 Å². The Morgan fingerprint density at radius 1 is 0.892 bits per heavy atom. The van der Waals surface area contributed by atoms with E-state index in [9.17, 15) is 9.59 Å². The molecule has 6 bridgehead atoms. The highest BCUT2D eigenvalue weighted by Gasteiger charge is 2.68. The predicted molar refractivity (Wildman–Crippen MR) is 147 cm³/mol. The lowest BCUT2D eigenvalue weighted by molar-refractivity contribution is -0.183. The van der Waals surface area contributed by atoms with Crippen LogP contribution in [0.3, 0.4) is 0 Å². The van der Waals surface area contributed by atoms with E-state index in [0.29, 0.717) is 11.8 Å². The molecular weight excluding hydrogens is 460 g/mol. The zero-order chi connectivity index (χ0) is 26.8. The zero-order valence-electron chi connectivity index (χ0n) is 24.8. The minimum absolute atomic E-state index is 0.00699. The zero-order valence-corrected chi connectivity index (χ0v) is 24.8. The van der Waals surface area contributed by atoms with Crippen LogP contribution in [0.4, 0.5) is 0 Å². The molecule has 0 aromatic carbocycles. The Morgan fingerprint density at radius 3 is 2.16 bits per heavy atom. The molecule has 0 aromatic rings. The second-order valence-electron chi connectivity index (χ2n) is 15.0. The first-order valence-electron chi connectivity index (χ1n) is 15.9. The van der Waals surface area contributed by atoms with Gasteiger partial charge in [0.2, 0.25) is 0 Å². The van der Waals surface area contributed by atoms with Crippen LogP contribution in [0.1, 0.15) is 126 Å². The van der Waals surface area contributed by atoms with Crippen LogP contribution in [-0.4, -0.2) is 23.1 Å². The molecule has 6 rings (SSSR count). The molecule has 0 N–H and O–H groups in total. The van der Waals surface area contributed by atoms with Crippen molar-refractivity contribution in [2.45, 2.75) is 137 Å². The third-order valence-electron chi connectivity index (χ3n) is 12.7. The van der Waals surface area contributed by atoms with Crippen LogP contribution in [0.5, 0.6) is 0 Å². The quantitative estimate of drug-likeness (QED) is 0.255. The van der Waals surface area contributed by atoms with Crippen LogP contribution in [-0.2, 0) is 19.1 Å². The van der Waals surface area contributed by atoms with Gasteiger partial charge in [-0.15, -0.1) is 0 Å². The standard InChI is InChI=1S/C20H32O2.C13H22O2/c1-5-19(3,4)18(21)22-20(6-2)11-14-10-15(20)17-13-8-7-12(9-13)16(14)17;1-4-9(2)12(14)15-13(3)8-10-5-6-11(13)7-10/h12-17H,5-11H2,1-4H3;9-11H,4-8H2,1-3H3. The fourth-order valence-electron chi connectivity index (χ4n) is 9.94. The first kappa shape index (κ1) is 27.5. The lowest BCUT2D eigenvalue weighted by Crippen LogP contribution is -2.49. The summed E-state index contributed by atoms with van der Waals surface area (Å²) in [4.78, 5) is 24.5. The number of fused-ring (bicyclic) bond motifs is 11. The molecule has 6 aliphatic rings. The number of rotatable bonds is 7. The van der Waals surface area contributed by atoms with Crippen molar-refractivity contribution in [3.8, 4) is 0 Å². The highest BCUT2D eigenvalue weighted by atomic mass is 16.6. The van der Waals surface area contributed by atoms with Crippen LogP contribution in [0.2, 0.25) is 0 Å². The summed E-state index contributed by atoms with van der Waals surface area (Å²) in [7, 11) is 0. The summed E-state index contributed by atoms with van der Waals surface area (Å²) < 4.78 is 12.1. The molecular formula is C33H54O4. The molecule has 0 amide bonds. The largest absolute Gasteiger partial charge is 0.459 e. The van der Waals surface area contributed by atoms with Crippen molar-refractivity contribution in [3.63, 3.8) is 0 Å². The van der Waals surface area contributed by atoms with Crippen LogP contribution < -0.4 is 0 Å². The van der Waals surface area contributed by atoms with Crippen LogP contribution in [0, 0.1) is 58.7 Å². The van der Waals surface area contributed by atoms with Crippen molar-refractivity contribution >= 4 is 11.9 Å². The number of carbonyl (C=O) groups excluding carboxylic acids is 2. The summed E-state index contributed by atoms with van der Waals surface area (Å²) in [6, 6.07) is 0. The van der Waals surface area contributed by atoms with E-state index in [1.165, 1.54) is 44.9 Å². The average Bonchev–Trinajstić information content (AvgIpc) is 3.70. The van der Waals surface area contributed by atoms with E-state index in [2.05, 4.69) is 20.8 Å². The van der Waals surface area contributed by atoms with Crippen LogP contribution in [0.15, 0.2) is 0 Å². The SMILES string of the molecule is CCC(C)(C)C(=O)OC1(CC)CC2CC1C1C3CCC(C3)C21.CCC(C)C(=O)OC1(C)CC2CCC1C2. The molecule has 210 valence electrons. The van der Waals surface area contributed by atoms with E-state index < -0.39 is 0 Å². The number of carbonyl (C=O) groups is 2. The summed E-state index contributed by atoms with van der Waals surface area (Å²) in [5.41, 5.74) is -0.596. The van der Waals surface area contributed by atoms with Crippen molar-refractivity contribution in [1.82, 2.24) is 0 Å². The fraction of sp³-hybridized carbons (Fsp3) is 0.939. The summed E-state index contributed by atoms with van der Waals surface area (Å²) in [5, 5.41) is 0. The van der Waals surface area contributed by atoms with Gasteiger partial charge in [0.1, 0.15) is 11.2 Å². The van der Waals surface area contributed by atoms with Crippen LogP contribution >= 0.6 is 0 Å². The first-order valence-corrected chi connectivity index (χ1v) is 15.9. The van der Waals surface area contributed by atoms with Gasteiger partial charge in [0.05, 0.1) is 11.3 Å². The van der Waals surface area contributed by atoms with Crippen molar-refractivity contribution < 1.29 is 19.1 Å². The van der Waals surface area contributed by atoms with E-state index >= 15 is 0 Å². The molecule has 0 aliphatic heterocycles. The lowest BCUT2D eigenvalue weighted by atomic mass is 9.65. The van der Waals surface area contributed by atoms with E-state index in [1.54, 1.807) is 0 Å². The molecule has 4 nitrogen and oxygen atoms in total. The third kappa shape index (κ3) is 4.58. The Morgan fingerprint density at radius 2 is 1.59 bits per heavy atom. The van der Waals surface area contributed by atoms with Gasteiger partial charge in [-0.1, -0.05) is 27.7 Å². The molecule has 0 aromatic heterocycles. The highest BCUT2D eigenvalue weighted by Crippen LogP contribution is 2.71. The van der Waals surface area contributed by atoms with Crippen molar-refractivity contribution in [3.05, 3.63) is 0 Å². The van der Waals surface area contributed by atoms with Gasteiger partial charge in [0, 0.05) is 5.92 Å². The minimum atomic E-state index is -0.335. The Kier molecular flexibility index (Phi) is 7.32. The van der Waals surface area contributed by atoms with Gasteiger partial charge < -0.3 is 9.47 Å². The second-order valence-corrected chi connectivity index (χ2v) is 15.0. The predicted octanol–water partition coefficient (Wildman–Crippen LogP) is 7.97. The molecule has 0 radical (unpaired) electrons. The van der Waals surface area contributed by atoms with Gasteiger partial charge in [-0.3, -0.25) is 9.59 Å². The Hall–Kier alpha value is -1.06. The fourth-order valence-corrected chi connectivity index (χ4v) is 9.94. The van der Waals surface area contributed by atoms with Gasteiger partial charge in [-0.2, -0.15) is 0 Å². The molecule has 0 heterocycles. The van der Waals surface area contributed by atoms with Crippen molar-refractivity contribution in [1.29, 1.82) is 0 Å². The smallest absolute Gasteiger partial charge is 0.312 e. The molecule has 6 fully saturated rings. The minimum Gasteiger partial charge on any atom is -0.459 e. The number of esters is 2. The molecule has 4 heteroatoms. The van der Waals surface area contributed by atoms with Crippen molar-refractivity contribution in [2.75, 3.05) is 0 Å². The second kappa shape index (κ2) is 9.84. The maximum atomic E-state index is 12.7. The van der Waals surface area contributed by atoms with Crippen LogP contribution in [0.25, 0.3) is 0 Å². The first-order chi connectivity index (χ1) is 17.5. The average molecular weight is 515 g/mol. The molecule has 6 saturated carbocycles. The number of hydrogen-bond donors (Lipinski definition) is 0. The number of ether oxygens (including phenoxy) is 2. The van der Waals surface area contributed by atoms with Gasteiger partial charge in [-0.05, 0) is 139 Å². The maximum absolute atomic E-state index is 12.7. The summed E-state index contributed by atoms with van der Waals surface area (Å²) in [5.74, 6) is 6.92. The Balaban J connectivity index is 0.000000164. The van der Waals surface area contributed by atoms with E-state index in [4.69, 9.17) is 9.47 Å². The summed E-state index contributed by atoms with van der Waals surface area (Å²) in [6.07, 6.45) is 14.6. The Bertz CT molecular complexity index is 880. The molecule has 11 unspecified atom stereocenters. The topological polar surface area (TPSA) is 52.6 Å². The van der Waals surface area contributed by atoms with Gasteiger partial charge in [0.25, 0.3) is 0 Å². The molecule has 0 spiro atoms. The van der Waals surface area contributed by atoms with E-state index in [1.807, 2.05) is 27.7 Å². The normalized spacial score (nSPS) is 45.4. The summed E-state index contributed by atoms with van der Waals surface area (Å²) >= 11 is 0. The lowest BCUT2D eigenvalue weighted by Gasteiger charge is -2.46. The molecule has 37 heavy (non-hydrogen) atoms. The number of hydrogen-bond acceptors (Lipinski definition) is 4. The monoisotopic (exact) mass is 514 g/mol. The highest BCUT2D eigenvalue weighted by molar-refractivity contribution is 5.76. The van der Waals surface area contributed by atoms with E-state index in [-0.39, 0.29) is 34.5 Å². The molecule has 0 saturated heterocycles. The third-order valence-corrected chi connectivity index (χ3v) is 12.7.